The predicted molar refractivity (Wildman–Crippen MR) is 81.4 cm³/mol. The summed E-state index contributed by atoms with van der Waals surface area (Å²) in [5.41, 5.74) is 9.47. The first-order valence-corrected chi connectivity index (χ1v) is 7.23. The van der Waals surface area contributed by atoms with E-state index in [1.165, 1.54) is 0 Å². The Kier molecular flexibility index (Phi) is 3.41. The Hall–Kier alpha value is -2.30. The molecule has 0 saturated heterocycles. The highest BCUT2D eigenvalue weighted by atomic mass is 16.5. The third kappa shape index (κ3) is 2.39. The van der Waals surface area contributed by atoms with Crippen LogP contribution in [0.5, 0.6) is 0 Å². The zero-order valence-electron chi connectivity index (χ0n) is 12.3. The van der Waals surface area contributed by atoms with E-state index in [2.05, 4.69) is 5.16 Å². The van der Waals surface area contributed by atoms with Crippen molar-refractivity contribution in [2.24, 2.45) is 0 Å². The maximum absolute atomic E-state index is 12.7. The summed E-state index contributed by atoms with van der Waals surface area (Å²) in [5, 5.41) is 3.96. The number of hydrogen-bond acceptors (Lipinski definition) is 4. The molecule has 0 aliphatic carbocycles. The standard InChI is InChI=1S/C16H19N3O2/c1-10(2)13-9-15(21-18-13)16(20)19-8-4-5-11-12(17)6-3-7-14(11)19/h3,6-7,9-10H,4-5,8,17H2,1-2H3. The summed E-state index contributed by atoms with van der Waals surface area (Å²) in [6.07, 6.45) is 1.80. The normalized spacial score (nSPS) is 14.3. The van der Waals surface area contributed by atoms with Crippen LogP contribution in [0.3, 0.4) is 0 Å². The van der Waals surface area contributed by atoms with Gasteiger partial charge in [-0.25, -0.2) is 0 Å². The van der Waals surface area contributed by atoms with Gasteiger partial charge in [0, 0.05) is 24.0 Å². The van der Waals surface area contributed by atoms with E-state index in [1.54, 1.807) is 11.0 Å². The maximum atomic E-state index is 12.7. The third-order valence-corrected chi connectivity index (χ3v) is 3.86. The molecular weight excluding hydrogens is 266 g/mol. The van der Waals surface area contributed by atoms with Crippen LogP contribution in [-0.4, -0.2) is 17.6 Å². The molecule has 1 aliphatic heterocycles. The Labute approximate surface area is 123 Å². The fourth-order valence-electron chi connectivity index (χ4n) is 2.66. The molecule has 0 radical (unpaired) electrons. The van der Waals surface area contributed by atoms with Gasteiger partial charge in [0.1, 0.15) is 0 Å². The zero-order valence-corrected chi connectivity index (χ0v) is 12.3. The number of hydrogen-bond donors (Lipinski definition) is 1. The number of carbonyl (C=O) groups is 1. The maximum Gasteiger partial charge on any atom is 0.296 e. The molecule has 0 bridgehead atoms. The number of benzene rings is 1. The second-order valence-corrected chi connectivity index (χ2v) is 5.68. The molecule has 1 aromatic heterocycles. The van der Waals surface area contributed by atoms with Crippen LogP contribution in [-0.2, 0) is 6.42 Å². The fourth-order valence-corrected chi connectivity index (χ4v) is 2.66. The van der Waals surface area contributed by atoms with E-state index in [-0.39, 0.29) is 17.6 Å². The van der Waals surface area contributed by atoms with Crippen molar-refractivity contribution in [2.75, 3.05) is 17.2 Å². The van der Waals surface area contributed by atoms with Gasteiger partial charge in [0.15, 0.2) is 0 Å². The molecule has 5 heteroatoms. The van der Waals surface area contributed by atoms with Crippen molar-refractivity contribution in [1.82, 2.24) is 5.16 Å². The lowest BCUT2D eigenvalue weighted by atomic mass is 9.99. The van der Waals surface area contributed by atoms with Crippen LogP contribution in [0.15, 0.2) is 28.8 Å². The Bertz CT molecular complexity index is 676. The van der Waals surface area contributed by atoms with Crippen LogP contribution in [0.1, 0.15) is 48.0 Å². The Morgan fingerprint density at radius 3 is 2.95 bits per heavy atom. The highest BCUT2D eigenvalue weighted by molar-refractivity contribution is 6.05. The van der Waals surface area contributed by atoms with Gasteiger partial charge in [-0.15, -0.1) is 0 Å². The van der Waals surface area contributed by atoms with Crippen molar-refractivity contribution in [2.45, 2.75) is 32.6 Å². The molecule has 2 N–H and O–H groups in total. The second-order valence-electron chi connectivity index (χ2n) is 5.68. The van der Waals surface area contributed by atoms with E-state index in [9.17, 15) is 4.79 Å². The quantitative estimate of drug-likeness (QED) is 0.861. The largest absolute Gasteiger partial charge is 0.398 e. The number of anilines is 2. The first kappa shape index (κ1) is 13.7. The van der Waals surface area contributed by atoms with Crippen LogP contribution >= 0.6 is 0 Å². The predicted octanol–water partition coefficient (Wildman–Crippen LogP) is 2.97. The molecule has 0 spiro atoms. The fraction of sp³-hybridized carbons (Fsp3) is 0.375. The Morgan fingerprint density at radius 1 is 1.43 bits per heavy atom. The van der Waals surface area contributed by atoms with E-state index < -0.39 is 0 Å². The molecule has 3 rings (SSSR count). The Balaban J connectivity index is 1.94. The summed E-state index contributed by atoms with van der Waals surface area (Å²) in [4.78, 5) is 14.4. The van der Waals surface area contributed by atoms with Crippen LogP contribution in [0, 0.1) is 0 Å². The van der Waals surface area contributed by atoms with Crippen molar-refractivity contribution >= 4 is 17.3 Å². The summed E-state index contributed by atoms with van der Waals surface area (Å²) in [5.74, 6) is 0.370. The summed E-state index contributed by atoms with van der Waals surface area (Å²) < 4.78 is 5.21. The molecule has 1 aromatic carbocycles. The monoisotopic (exact) mass is 285 g/mol. The number of fused-ring (bicyclic) bond motifs is 1. The number of aromatic nitrogens is 1. The average Bonchev–Trinajstić information content (AvgIpc) is 2.96. The van der Waals surface area contributed by atoms with Gasteiger partial charge in [-0.05, 0) is 36.5 Å². The van der Waals surface area contributed by atoms with Crippen LogP contribution in [0.4, 0.5) is 11.4 Å². The van der Waals surface area contributed by atoms with Crippen molar-refractivity contribution < 1.29 is 9.32 Å². The topological polar surface area (TPSA) is 72.4 Å². The van der Waals surface area contributed by atoms with E-state index in [4.69, 9.17) is 10.3 Å². The SMILES string of the molecule is CC(C)c1cc(C(=O)N2CCCc3c(N)cccc32)on1. The zero-order chi connectivity index (χ0) is 15.0. The van der Waals surface area contributed by atoms with E-state index in [0.717, 1.165) is 35.5 Å². The minimum absolute atomic E-state index is 0.152. The highest BCUT2D eigenvalue weighted by Gasteiger charge is 2.27. The number of amides is 1. The first-order valence-electron chi connectivity index (χ1n) is 7.23. The van der Waals surface area contributed by atoms with Crippen molar-refractivity contribution in [3.05, 3.63) is 41.3 Å². The first-order chi connectivity index (χ1) is 10.1. The average molecular weight is 285 g/mol. The lowest BCUT2D eigenvalue weighted by Crippen LogP contribution is -2.35. The minimum atomic E-state index is -0.152. The lowest BCUT2D eigenvalue weighted by molar-refractivity contribution is 0.0949. The van der Waals surface area contributed by atoms with Crippen molar-refractivity contribution in [3.63, 3.8) is 0 Å². The van der Waals surface area contributed by atoms with Gasteiger partial charge in [0.25, 0.3) is 5.91 Å². The van der Waals surface area contributed by atoms with Gasteiger partial charge in [-0.3, -0.25) is 4.79 Å². The van der Waals surface area contributed by atoms with Crippen LogP contribution < -0.4 is 10.6 Å². The summed E-state index contributed by atoms with van der Waals surface area (Å²) in [6, 6.07) is 7.41. The van der Waals surface area contributed by atoms with Crippen molar-refractivity contribution in [1.29, 1.82) is 0 Å². The molecule has 0 unspecified atom stereocenters. The molecule has 0 saturated carbocycles. The number of rotatable bonds is 2. The molecular formula is C16H19N3O2. The Morgan fingerprint density at radius 2 is 2.24 bits per heavy atom. The molecule has 110 valence electrons. The van der Waals surface area contributed by atoms with E-state index in [1.807, 2.05) is 32.0 Å². The third-order valence-electron chi connectivity index (χ3n) is 3.86. The van der Waals surface area contributed by atoms with Gasteiger partial charge in [0.05, 0.1) is 5.69 Å². The molecule has 1 amide bonds. The van der Waals surface area contributed by atoms with Crippen molar-refractivity contribution in [3.8, 4) is 0 Å². The lowest BCUT2D eigenvalue weighted by Gasteiger charge is -2.29. The van der Waals surface area contributed by atoms with Gasteiger partial charge in [0.2, 0.25) is 5.76 Å². The smallest absolute Gasteiger partial charge is 0.296 e. The van der Waals surface area contributed by atoms with Gasteiger partial charge < -0.3 is 15.2 Å². The van der Waals surface area contributed by atoms with Crippen LogP contribution in [0.2, 0.25) is 0 Å². The van der Waals surface area contributed by atoms with Gasteiger partial charge >= 0.3 is 0 Å². The molecule has 2 aromatic rings. The van der Waals surface area contributed by atoms with Gasteiger partial charge in [-0.1, -0.05) is 25.1 Å². The molecule has 0 atom stereocenters. The molecule has 5 nitrogen and oxygen atoms in total. The number of nitrogens with zero attached hydrogens (tertiary/aromatic N) is 2. The van der Waals surface area contributed by atoms with E-state index in [0.29, 0.717) is 6.54 Å². The number of carbonyl (C=O) groups excluding carboxylic acids is 1. The molecule has 0 fully saturated rings. The molecule has 1 aliphatic rings. The number of nitrogens with two attached hydrogens (primary N) is 1. The second kappa shape index (κ2) is 5.24. The van der Waals surface area contributed by atoms with Crippen LogP contribution in [0.25, 0.3) is 0 Å². The summed E-state index contributed by atoms with van der Waals surface area (Å²) in [7, 11) is 0. The summed E-state index contributed by atoms with van der Waals surface area (Å²) in [6.45, 7) is 4.71. The molecule has 21 heavy (non-hydrogen) atoms. The molecule has 2 heterocycles. The number of nitrogen functional groups attached to an aromatic ring is 1. The van der Waals surface area contributed by atoms with Gasteiger partial charge in [-0.2, -0.15) is 0 Å². The minimum Gasteiger partial charge on any atom is -0.398 e. The highest BCUT2D eigenvalue weighted by Crippen LogP contribution is 2.32. The summed E-state index contributed by atoms with van der Waals surface area (Å²) >= 11 is 0. The van der Waals surface area contributed by atoms with E-state index >= 15 is 0 Å².